The minimum Gasteiger partial charge on any atom is -0.479 e. The third-order valence-corrected chi connectivity index (χ3v) is 3.97. The second kappa shape index (κ2) is 5.98. The molecule has 0 saturated carbocycles. The standard InChI is InChI=1S/C15H15ClN2O4/c16-11-2-1-10-3-4-17(12(10)7-11)9-14(19)18-5-6-22-13(8-18)15(20)21/h1-4,7,13H,5-6,8-9H2,(H,20,21). The van der Waals surface area contributed by atoms with Gasteiger partial charge in [-0.1, -0.05) is 17.7 Å². The molecule has 0 aliphatic carbocycles. The molecule has 7 heteroatoms. The third kappa shape index (κ3) is 2.93. The van der Waals surface area contributed by atoms with Crippen molar-refractivity contribution in [3.05, 3.63) is 35.5 Å². The highest BCUT2D eigenvalue weighted by atomic mass is 35.5. The largest absolute Gasteiger partial charge is 0.479 e. The normalized spacial score (nSPS) is 18.6. The van der Waals surface area contributed by atoms with E-state index in [1.54, 1.807) is 6.07 Å². The van der Waals surface area contributed by atoms with Crippen molar-refractivity contribution in [1.82, 2.24) is 9.47 Å². The van der Waals surface area contributed by atoms with Crippen LogP contribution in [0.4, 0.5) is 0 Å². The summed E-state index contributed by atoms with van der Waals surface area (Å²) in [7, 11) is 0. The summed E-state index contributed by atoms with van der Waals surface area (Å²) in [5.74, 6) is -1.18. The summed E-state index contributed by atoms with van der Waals surface area (Å²) >= 11 is 6.00. The van der Waals surface area contributed by atoms with Gasteiger partial charge in [0.2, 0.25) is 5.91 Å². The Balaban J connectivity index is 1.75. The Hall–Kier alpha value is -2.05. The van der Waals surface area contributed by atoms with Crippen LogP contribution in [0.2, 0.25) is 5.02 Å². The summed E-state index contributed by atoms with van der Waals surface area (Å²) in [5, 5.41) is 10.6. The van der Waals surface area contributed by atoms with Crippen LogP contribution in [0.25, 0.3) is 10.9 Å². The summed E-state index contributed by atoms with van der Waals surface area (Å²) in [6.45, 7) is 0.869. The molecule has 0 radical (unpaired) electrons. The van der Waals surface area contributed by atoms with Gasteiger partial charge < -0.3 is 19.3 Å². The van der Waals surface area contributed by atoms with Gasteiger partial charge in [0, 0.05) is 23.3 Å². The molecule has 116 valence electrons. The van der Waals surface area contributed by atoms with E-state index in [4.69, 9.17) is 21.4 Å². The van der Waals surface area contributed by atoms with Crippen LogP contribution < -0.4 is 0 Å². The molecule has 0 bridgehead atoms. The fourth-order valence-electron chi connectivity index (χ4n) is 2.57. The lowest BCUT2D eigenvalue weighted by Gasteiger charge is -2.31. The van der Waals surface area contributed by atoms with Gasteiger partial charge in [0.15, 0.2) is 6.10 Å². The van der Waals surface area contributed by atoms with E-state index in [0.29, 0.717) is 11.6 Å². The Morgan fingerprint density at radius 1 is 1.36 bits per heavy atom. The summed E-state index contributed by atoms with van der Waals surface area (Å²) in [6.07, 6.45) is 0.877. The summed E-state index contributed by atoms with van der Waals surface area (Å²) in [6, 6.07) is 7.42. The maximum atomic E-state index is 12.4. The van der Waals surface area contributed by atoms with Crippen molar-refractivity contribution in [2.24, 2.45) is 0 Å². The predicted molar refractivity (Wildman–Crippen MR) is 80.9 cm³/mol. The molecule has 22 heavy (non-hydrogen) atoms. The third-order valence-electron chi connectivity index (χ3n) is 3.74. The van der Waals surface area contributed by atoms with Crippen molar-refractivity contribution < 1.29 is 19.4 Å². The molecule has 2 heterocycles. The smallest absolute Gasteiger partial charge is 0.334 e. The number of amides is 1. The number of carboxylic acids is 1. The number of carboxylic acid groups (broad SMARTS) is 1. The molecule has 1 aliphatic rings. The number of halogens is 1. The maximum absolute atomic E-state index is 12.4. The number of hydrogen-bond donors (Lipinski definition) is 1. The lowest BCUT2D eigenvalue weighted by molar-refractivity contribution is -0.159. The minimum absolute atomic E-state index is 0.0775. The van der Waals surface area contributed by atoms with Crippen molar-refractivity contribution in [3.63, 3.8) is 0 Å². The summed E-state index contributed by atoms with van der Waals surface area (Å²) in [4.78, 5) is 24.9. The van der Waals surface area contributed by atoms with Crippen LogP contribution in [0.5, 0.6) is 0 Å². The Kier molecular flexibility index (Phi) is 4.04. The molecule has 1 atom stereocenters. The van der Waals surface area contributed by atoms with Crippen molar-refractivity contribution in [2.45, 2.75) is 12.6 Å². The van der Waals surface area contributed by atoms with Crippen LogP contribution in [0, 0.1) is 0 Å². The van der Waals surface area contributed by atoms with Gasteiger partial charge in [-0.2, -0.15) is 0 Å². The molecule has 1 saturated heterocycles. The van der Waals surface area contributed by atoms with Crippen molar-refractivity contribution in [3.8, 4) is 0 Å². The molecule has 1 aromatic carbocycles. The lowest BCUT2D eigenvalue weighted by Crippen LogP contribution is -2.49. The van der Waals surface area contributed by atoms with E-state index in [9.17, 15) is 9.59 Å². The van der Waals surface area contributed by atoms with Gasteiger partial charge in [-0.05, 0) is 23.6 Å². The zero-order valence-electron chi connectivity index (χ0n) is 11.7. The van der Waals surface area contributed by atoms with Gasteiger partial charge in [-0.15, -0.1) is 0 Å². The zero-order valence-corrected chi connectivity index (χ0v) is 12.5. The highest BCUT2D eigenvalue weighted by molar-refractivity contribution is 6.31. The van der Waals surface area contributed by atoms with E-state index in [1.165, 1.54) is 4.90 Å². The number of nitrogens with zero attached hydrogens (tertiary/aromatic N) is 2. The van der Waals surface area contributed by atoms with Gasteiger partial charge in [-0.25, -0.2) is 4.79 Å². The summed E-state index contributed by atoms with van der Waals surface area (Å²) < 4.78 is 6.94. The van der Waals surface area contributed by atoms with Gasteiger partial charge in [0.05, 0.1) is 13.2 Å². The minimum atomic E-state index is -1.05. The van der Waals surface area contributed by atoms with Crippen LogP contribution >= 0.6 is 11.6 Å². The monoisotopic (exact) mass is 322 g/mol. The first-order valence-corrected chi connectivity index (χ1v) is 7.29. The van der Waals surface area contributed by atoms with Crippen molar-refractivity contribution in [1.29, 1.82) is 0 Å². The number of carbonyl (C=O) groups excluding carboxylic acids is 1. The Labute approximate surface area is 131 Å². The number of aliphatic carboxylic acids is 1. The summed E-state index contributed by atoms with van der Waals surface area (Å²) in [5.41, 5.74) is 0.879. The van der Waals surface area contributed by atoms with Crippen LogP contribution in [0.1, 0.15) is 0 Å². The lowest BCUT2D eigenvalue weighted by atomic mass is 10.2. The molecule has 1 aliphatic heterocycles. The van der Waals surface area contributed by atoms with E-state index in [-0.39, 0.29) is 25.6 Å². The van der Waals surface area contributed by atoms with E-state index < -0.39 is 12.1 Å². The number of aromatic nitrogens is 1. The average Bonchev–Trinajstić information content (AvgIpc) is 2.89. The number of hydrogen-bond acceptors (Lipinski definition) is 3. The average molecular weight is 323 g/mol. The van der Waals surface area contributed by atoms with Crippen LogP contribution in [0.3, 0.4) is 0 Å². The molecule has 1 fully saturated rings. The van der Waals surface area contributed by atoms with Crippen LogP contribution in [0.15, 0.2) is 30.5 Å². The molecule has 0 spiro atoms. The number of morpholine rings is 1. The molecular weight excluding hydrogens is 308 g/mol. The number of carbonyl (C=O) groups is 2. The van der Waals surface area contributed by atoms with E-state index >= 15 is 0 Å². The van der Waals surface area contributed by atoms with Gasteiger partial charge in [-0.3, -0.25) is 4.79 Å². The second-order valence-electron chi connectivity index (χ2n) is 5.18. The van der Waals surface area contributed by atoms with Gasteiger partial charge in [0.25, 0.3) is 0 Å². The molecule has 2 aromatic rings. The molecule has 1 N–H and O–H groups in total. The van der Waals surface area contributed by atoms with Crippen LogP contribution in [-0.2, 0) is 20.9 Å². The highest BCUT2D eigenvalue weighted by Gasteiger charge is 2.28. The zero-order chi connectivity index (χ0) is 15.7. The van der Waals surface area contributed by atoms with Crippen molar-refractivity contribution >= 4 is 34.4 Å². The molecule has 1 aromatic heterocycles. The second-order valence-corrected chi connectivity index (χ2v) is 5.62. The van der Waals surface area contributed by atoms with Crippen LogP contribution in [-0.4, -0.2) is 52.3 Å². The predicted octanol–water partition coefficient (Wildman–Crippen LogP) is 1.61. The fraction of sp³-hybridized carbons (Fsp3) is 0.333. The molecule has 1 unspecified atom stereocenters. The molecule has 6 nitrogen and oxygen atoms in total. The number of benzene rings is 1. The first-order valence-electron chi connectivity index (χ1n) is 6.91. The fourth-order valence-corrected chi connectivity index (χ4v) is 2.73. The molecule has 1 amide bonds. The number of ether oxygens (including phenoxy) is 1. The Morgan fingerprint density at radius 3 is 2.95 bits per heavy atom. The molecular formula is C15H15ClN2O4. The number of fused-ring (bicyclic) bond motifs is 1. The van der Waals surface area contributed by atoms with Gasteiger partial charge >= 0.3 is 5.97 Å². The first-order chi connectivity index (χ1) is 10.5. The first kappa shape index (κ1) is 14.9. The SMILES string of the molecule is O=C(O)C1CN(C(=O)Cn2ccc3ccc(Cl)cc32)CCO1. The van der Waals surface area contributed by atoms with Crippen molar-refractivity contribution in [2.75, 3.05) is 19.7 Å². The highest BCUT2D eigenvalue weighted by Crippen LogP contribution is 2.20. The molecule has 3 rings (SSSR count). The maximum Gasteiger partial charge on any atom is 0.334 e. The van der Waals surface area contributed by atoms with E-state index in [1.807, 2.05) is 29.0 Å². The quantitative estimate of drug-likeness (QED) is 0.932. The number of rotatable bonds is 3. The van der Waals surface area contributed by atoms with E-state index in [0.717, 1.165) is 10.9 Å². The van der Waals surface area contributed by atoms with E-state index in [2.05, 4.69) is 0 Å². The Morgan fingerprint density at radius 2 is 2.18 bits per heavy atom. The Bertz CT molecular complexity index is 727. The van der Waals surface area contributed by atoms with Gasteiger partial charge in [0.1, 0.15) is 6.54 Å². The topological polar surface area (TPSA) is 71.8 Å².